The highest BCUT2D eigenvalue weighted by Gasteiger charge is 2.28. The van der Waals surface area contributed by atoms with Gasteiger partial charge in [-0.3, -0.25) is 4.79 Å². The number of amides is 1. The van der Waals surface area contributed by atoms with E-state index in [9.17, 15) is 9.90 Å². The maximum Gasteiger partial charge on any atom is 0.244 e. The van der Waals surface area contributed by atoms with E-state index in [0.29, 0.717) is 13.0 Å². The van der Waals surface area contributed by atoms with E-state index in [0.717, 1.165) is 22.1 Å². The Morgan fingerprint density at radius 1 is 1.32 bits per heavy atom. The first-order valence-corrected chi connectivity index (χ1v) is 7.98. The summed E-state index contributed by atoms with van der Waals surface area (Å²) >= 11 is 3.39. The van der Waals surface area contributed by atoms with E-state index < -0.39 is 6.04 Å². The highest BCUT2D eigenvalue weighted by Crippen LogP contribution is 2.29. The molecule has 1 amide bonds. The number of benzene rings is 2. The highest BCUT2D eigenvalue weighted by molar-refractivity contribution is 9.10. The average Bonchev–Trinajstić information content (AvgIpc) is 2.93. The second-order valence-corrected chi connectivity index (χ2v) is 6.31. The van der Waals surface area contributed by atoms with Crippen LogP contribution in [0.1, 0.15) is 11.1 Å². The predicted molar refractivity (Wildman–Crippen MR) is 90.0 cm³/mol. The van der Waals surface area contributed by atoms with Gasteiger partial charge >= 0.3 is 0 Å². The Kier molecular flexibility index (Phi) is 4.18. The van der Waals surface area contributed by atoms with Crippen molar-refractivity contribution in [2.45, 2.75) is 18.9 Å². The molecule has 4 nitrogen and oxygen atoms in total. The van der Waals surface area contributed by atoms with Crippen LogP contribution < -0.4 is 10.6 Å². The van der Waals surface area contributed by atoms with E-state index in [4.69, 9.17) is 5.73 Å². The van der Waals surface area contributed by atoms with Crippen LogP contribution in [0, 0.1) is 0 Å². The lowest BCUT2D eigenvalue weighted by molar-refractivity contribution is -0.119. The fourth-order valence-electron chi connectivity index (χ4n) is 2.79. The second kappa shape index (κ2) is 6.10. The number of aromatic hydroxyl groups is 1. The SMILES string of the molecule is NC(Cc1ccc(O)cc1Br)C(=O)N1CCc2ccccc21. The number of para-hydroxylation sites is 1. The standard InChI is InChI=1S/C17H17BrN2O2/c18-14-10-13(21)6-5-12(14)9-15(19)17(22)20-8-7-11-3-1-2-4-16(11)20/h1-6,10,15,21H,7-9,19H2. The van der Waals surface area contributed by atoms with E-state index in [1.54, 1.807) is 23.1 Å². The van der Waals surface area contributed by atoms with Gasteiger partial charge in [0, 0.05) is 16.7 Å². The highest BCUT2D eigenvalue weighted by atomic mass is 79.9. The van der Waals surface area contributed by atoms with Gasteiger partial charge < -0.3 is 15.7 Å². The number of fused-ring (bicyclic) bond motifs is 1. The van der Waals surface area contributed by atoms with E-state index >= 15 is 0 Å². The van der Waals surface area contributed by atoms with Crippen LogP contribution in [0.3, 0.4) is 0 Å². The number of anilines is 1. The van der Waals surface area contributed by atoms with Crippen LogP contribution in [0.4, 0.5) is 5.69 Å². The molecule has 2 aromatic carbocycles. The summed E-state index contributed by atoms with van der Waals surface area (Å²) in [6, 6.07) is 12.3. The predicted octanol–water partition coefficient (Wildman–Crippen LogP) is 2.61. The van der Waals surface area contributed by atoms with Crippen molar-refractivity contribution in [2.24, 2.45) is 5.73 Å². The number of nitrogens with two attached hydrogens (primary N) is 1. The number of carbonyl (C=O) groups excluding carboxylic acids is 1. The average molecular weight is 361 g/mol. The van der Waals surface area contributed by atoms with Crippen molar-refractivity contribution < 1.29 is 9.90 Å². The number of carbonyl (C=O) groups is 1. The number of rotatable bonds is 3. The quantitative estimate of drug-likeness (QED) is 0.883. The van der Waals surface area contributed by atoms with Crippen molar-refractivity contribution in [3.05, 3.63) is 58.1 Å². The Morgan fingerprint density at radius 2 is 2.09 bits per heavy atom. The molecule has 114 valence electrons. The molecular formula is C17H17BrN2O2. The number of phenols is 1. The molecule has 0 saturated carbocycles. The molecular weight excluding hydrogens is 344 g/mol. The lowest BCUT2D eigenvalue weighted by Crippen LogP contribution is -2.44. The Balaban J connectivity index is 1.76. The molecule has 5 heteroatoms. The summed E-state index contributed by atoms with van der Waals surface area (Å²) in [5.74, 6) is 0.119. The molecule has 0 spiro atoms. The molecule has 0 aromatic heterocycles. The minimum absolute atomic E-state index is 0.0649. The third-order valence-corrected chi connectivity index (χ3v) is 4.69. The van der Waals surface area contributed by atoms with E-state index in [1.807, 2.05) is 24.3 Å². The summed E-state index contributed by atoms with van der Waals surface area (Å²) in [5.41, 5.74) is 9.18. The van der Waals surface area contributed by atoms with Crippen LogP contribution in [0.25, 0.3) is 0 Å². The number of hydrogen-bond acceptors (Lipinski definition) is 3. The Hall–Kier alpha value is -1.85. The lowest BCUT2D eigenvalue weighted by atomic mass is 10.1. The second-order valence-electron chi connectivity index (χ2n) is 5.45. The number of phenolic OH excluding ortho intramolecular Hbond substituents is 1. The minimum atomic E-state index is -0.605. The third-order valence-electron chi connectivity index (χ3n) is 3.95. The topological polar surface area (TPSA) is 66.6 Å². The summed E-state index contributed by atoms with van der Waals surface area (Å²) in [6.45, 7) is 0.683. The Bertz CT molecular complexity index is 718. The minimum Gasteiger partial charge on any atom is -0.508 e. The normalized spacial score (nSPS) is 14.7. The first-order chi connectivity index (χ1) is 10.6. The van der Waals surface area contributed by atoms with Crippen molar-refractivity contribution in [2.75, 3.05) is 11.4 Å². The van der Waals surface area contributed by atoms with Crippen molar-refractivity contribution >= 4 is 27.5 Å². The van der Waals surface area contributed by atoms with Gasteiger partial charge in [-0.1, -0.05) is 40.2 Å². The summed E-state index contributed by atoms with van der Waals surface area (Å²) in [5, 5.41) is 9.43. The van der Waals surface area contributed by atoms with Gasteiger partial charge in [-0.05, 0) is 42.2 Å². The summed E-state index contributed by atoms with van der Waals surface area (Å²) < 4.78 is 0.762. The van der Waals surface area contributed by atoms with Crippen LogP contribution >= 0.6 is 15.9 Å². The Labute approximate surface area is 137 Å². The fourth-order valence-corrected chi connectivity index (χ4v) is 3.32. The lowest BCUT2D eigenvalue weighted by Gasteiger charge is -2.22. The number of hydrogen-bond donors (Lipinski definition) is 2. The van der Waals surface area contributed by atoms with E-state index in [2.05, 4.69) is 15.9 Å². The van der Waals surface area contributed by atoms with Gasteiger partial charge in [0.25, 0.3) is 0 Å². The molecule has 22 heavy (non-hydrogen) atoms. The first kappa shape index (κ1) is 15.1. The molecule has 1 aliphatic rings. The molecule has 3 N–H and O–H groups in total. The zero-order valence-corrected chi connectivity index (χ0v) is 13.6. The number of halogens is 1. The van der Waals surface area contributed by atoms with Gasteiger partial charge in [-0.2, -0.15) is 0 Å². The van der Waals surface area contributed by atoms with Crippen LogP contribution in [0.5, 0.6) is 5.75 Å². The van der Waals surface area contributed by atoms with Gasteiger partial charge in [0.15, 0.2) is 0 Å². The third kappa shape index (κ3) is 2.87. The smallest absolute Gasteiger partial charge is 0.244 e. The van der Waals surface area contributed by atoms with E-state index in [1.165, 1.54) is 5.56 Å². The maximum absolute atomic E-state index is 12.6. The van der Waals surface area contributed by atoms with Crippen molar-refractivity contribution in [3.8, 4) is 5.75 Å². The zero-order valence-electron chi connectivity index (χ0n) is 12.0. The van der Waals surface area contributed by atoms with Gasteiger partial charge in [-0.15, -0.1) is 0 Å². The largest absolute Gasteiger partial charge is 0.508 e. The zero-order chi connectivity index (χ0) is 15.7. The van der Waals surface area contributed by atoms with Crippen LogP contribution in [-0.2, 0) is 17.6 Å². The monoisotopic (exact) mass is 360 g/mol. The number of nitrogens with zero attached hydrogens (tertiary/aromatic N) is 1. The molecule has 2 aromatic rings. The van der Waals surface area contributed by atoms with Crippen LogP contribution in [0.2, 0.25) is 0 Å². The van der Waals surface area contributed by atoms with Crippen molar-refractivity contribution in [3.63, 3.8) is 0 Å². The molecule has 1 unspecified atom stereocenters. The molecule has 1 atom stereocenters. The molecule has 0 bridgehead atoms. The summed E-state index contributed by atoms with van der Waals surface area (Å²) in [4.78, 5) is 14.4. The van der Waals surface area contributed by atoms with E-state index in [-0.39, 0.29) is 11.7 Å². The molecule has 1 heterocycles. The molecule has 0 fully saturated rings. The van der Waals surface area contributed by atoms with Gasteiger partial charge in [-0.25, -0.2) is 0 Å². The fraction of sp³-hybridized carbons (Fsp3) is 0.235. The van der Waals surface area contributed by atoms with Gasteiger partial charge in [0.2, 0.25) is 5.91 Å². The molecule has 0 radical (unpaired) electrons. The van der Waals surface area contributed by atoms with Crippen LogP contribution in [0.15, 0.2) is 46.9 Å². The van der Waals surface area contributed by atoms with Gasteiger partial charge in [0.1, 0.15) is 5.75 Å². The molecule has 0 saturated heterocycles. The maximum atomic E-state index is 12.6. The van der Waals surface area contributed by atoms with Gasteiger partial charge in [0.05, 0.1) is 6.04 Å². The van der Waals surface area contributed by atoms with Crippen molar-refractivity contribution in [1.82, 2.24) is 0 Å². The molecule has 3 rings (SSSR count). The molecule has 1 aliphatic heterocycles. The first-order valence-electron chi connectivity index (χ1n) is 7.18. The summed E-state index contributed by atoms with van der Waals surface area (Å²) in [7, 11) is 0. The van der Waals surface area contributed by atoms with Crippen molar-refractivity contribution in [1.29, 1.82) is 0 Å². The Morgan fingerprint density at radius 3 is 2.86 bits per heavy atom. The van der Waals surface area contributed by atoms with Crippen LogP contribution in [-0.4, -0.2) is 23.6 Å². The summed E-state index contributed by atoms with van der Waals surface area (Å²) in [6.07, 6.45) is 1.30. The molecule has 0 aliphatic carbocycles.